The van der Waals surface area contributed by atoms with Gasteiger partial charge in [0.2, 0.25) is 0 Å². The molecule has 17 heavy (non-hydrogen) atoms. The second kappa shape index (κ2) is 4.57. The van der Waals surface area contributed by atoms with Crippen molar-refractivity contribution in [3.05, 3.63) is 30.1 Å². The number of aryl methyl sites for hydroxylation is 1. The van der Waals surface area contributed by atoms with Crippen LogP contribution in [0.4, 0.5) is 0 Å². The molecule has 2 aromatic rings. The van der Waals surface area contributed by atoms with E-state index in [4.69, 9.17) is 4.74 Å². The van der Waals surface area contributed by atoms with E-state index < -0.39 is 0 Å². The Balaban J connectivity index is 2.47. The number of nitrogens with zero attached hydrogens (tertiary/aromatic N) is 2. The molecule has 0 saturated carbocycles. The molecule has 0 fully saturated rings. The van der Waals surface area contributed by atoms with E-state index in [0.717, 1.165) is 16.9 Å². The predicted octanol–water partition coefficient (Wildman–Crippen LogP) is 2.47. The molecule has 0 amide bonds. The van der Waals surface area contributed by atoms with Crippen molar-refractivity contribution in [3.63, 3.8) is 0 Å². The van der Waals surface area contributed by atoms with Gasteiger partial charge < -0.3 is 9.30 Å². The van der Waals surface area contributed by atoms with Gasteiger partial charge in [0, 0.05) is 0 Å². The van der Waals surface area contributed by atoms with E-state index in [1.54, 1.807) is 0 Å². The van der Waals surface area contributed by atoms with Crippen molar-refractivity contribution in [1.82, 2.24) is 9.55 Å². The Hall–Kier alpha value is -1.84. The highest BCUT2D eigenvalue weighted by atomic mass is 16.5. The predicted molar refractivity (Wildman–Crippen MR) is 65.8 cm³/mol. The molecule has 0 radical (unpaired) electrons. The summed E-state index contributed by atoms with van der Waals surface area (Å²) < 4.78 is 6.95. The highest BCUT2D eigenvalue weighted by Crippen LogP contribution is 2.21. The standard InChI is InChI=1S/C13H16N2O2/c1-4-17-13(16)9(2)15-10(3)14-11-7-5-6-8-12(11)15/h5-9H,4H2,1-3H3. The summed E-state index contributed by atoms with van der Waals surface area (Å²) in [6, 6.07) is 7.44. The van der Waals surface area contributed by atoms with Crippen LogP contribution in [0.5, 0.6) is 0 Å². The molecule has 1 aromatic heterocycles. The molecule has 1 heterocycles. The first-order valence-corrected chi connectivity index (χ1v) is 5.75. The molecule has 1 atom stereocenters. The number of aromatic nitrogens is 2. The number of para-hydroxylation sites is 2. The van der Waals surface area contributed by atoms with Gasteiger partial charge in [0.15, 0.2) is 0 Å². The summed E-state index contributed by atoms with van der Waals surface area (Å²) in [6.45, 7) is 5.94. The van der Waals surface area contributed by atoms with Gasteiger partial charge in [-0.1, -0.05) is 12.1 Å². The van der Waals surface area contributed by atoms with Gasteiger partial charge in [-0.15, -0.1) is 0 Å². The SMILES string of the molecule is CCOC(=O)C(C)n1c(C)nc2ccccc21. The van der Waals surface area contributed by atoms with E-state index in [1.807, 2.05) is 49.6 Å². The van der Waals surface area contributed by atoms with Crippen molar-refractivity contribution in [2.24, 2.45) is 0 Å². The third-order valence-corrected chi connectivity index (χ3v) is 2.79. The maximum Gasteiger partial charge on any atom is 0.328 e. The van der Waals surface area contributed by atoms with E-state index >= 15 is 0 Å². The molecule has 0 aliphatic rings. The molecular formula is C13H16N2O2. The lowest BCUT2D eigenvalue weighted by Crippen LogP contribution is -2.20. The molecular weight excluding hydrogens is 216 g/mol. The molecule has 0 bridgehead atoms. The molecule has 4 heteroatoms. The van der Waals surface area contributed by atoms with Crippen LogP contribution >= 0.6 is 0 Å². The fourth-order valence-corrected chi connectivity index (χ4v) is 2.02. The molecule has 2 rings (SSSR count). The molecule has 1 unspecified atom stereocenters. The van der Waals surface area contributed by atoms with Crippen molar-refractivity contribution < 1.29 is 9.53 Å². The quantitative estimate of drug-likeness (QED) is 0.763. The van der Waals surface area contributed by atoms with Crippen molar-refractivity contribution in [1.29, 1.82) is 0 Å². The molecule has 0 saturated heterocycles. The van der Waals surface area contributed by atoms with Crippen LogP contribution in [0.3, 0.4) is 0 Å². The Bertz CT molecular complexity index is 545. The van der Waals surface area contributed by atoms with E-state index in [0.29, 0.717) is 6.61 Å². The van der Waals surface area contributed by atoms with Crippen LogP contribution in [-0.4, -0.2) is 22.1 Å². The van der Waals surface area contributed by atoms with E-state index in [-0.39, 0.29) is 12.0 Å². The first-order valence-electron chi connectivity index (χ1n) is 5.75. The lowest BCUT2D eigenvalue weighted by Gasteiger charge is -2.14. The molecule has 0 aliphatic carbocycles. The van der Waals surface area contributed by atoms with Crippen molar-refractivity contribution in [2.75, 3.05) is 6.61 Å². The zero-order valence-electron chi connectivity index (χ0n) is 10.3. The Morgan fingerprint density at radius 1 is 1.47 bits per heavy atom. The lowest BCUT2D eigenvalue weighted by molar-refractivity contribution is -0.146. The van der Waals surface area contributed by atoms with Gasteiger partial charge in [0.05, 0.1) is 17.6 Å². The van der Waals surface area contributed by atoms with Gasteiger partial charge in [0.1, 0.15) is 11.9 Å². The fraction of sp³-hybridized carbons (Fsp3) is 0.385. The van der Waals surface area contributed by atoms with Gasteiger partial charge in [0.25, 0.3) is 0 Å². The Kier molecular flexibility index (Phi) is 3.13. The van der Waals surface area contributed by atoms with Crippen LogP contribution in [0.25, 0.3) is 11.0 Å². The number of ether oxygens (including phenoxy) is 1. The Morgan fingerprint density at radius 2 is 2.18 bits per heavy atom. The lowest BCUT2D eigenvalue weighted by atomic mass is 10.2. The van der Waals surface area contributed by atoms with E-state index in [1.165, 1.54) is 0 Å². The van der Waals surface area contributed by atoms with Gasteiger partial charge in [-0.05, 0) is 32.9 Å². The number of rotatable bonds is 3. The summed E-state index contributed by atoms with van der Waals surface area (Å²) in [7, 11) is 0. The zero-order chi connectivity index (χ0) is 12.4. The molecule has 0 aliphatic heterocycles. The average molecular weight is 232 g/mol. The van der Waals surface area contributed by atoms with Crippen LogP contribution in [-0.2, 0) is 9.53 Å². The smallest absolute Gasteiger partial charge is 0.328 e. The molecule has 0 N–H and O–H groups in total. The van der Waals surface area contributed by atoms with E-state index in [9.17, 15) is 4.79 Å². The molecule has 0 spiro atoms. The molecule has 90 valence electrons. The number of carbonyl (C=O) groups is 1. The van der Waals surface area contributed by atoms with Crippen molar-refractivity contribution in [3.8, 4) is 0 Å². The summed E-state index contributed by atoms with van der Waals surface area (Å²) in [6.07, 6.45) is 0. The number of imidazole rings is 1. The summed E-state index contributed by atoms with van der Waals surface area (Å²) >= 11 is 0. The monoisotopic (exact) mass is 232 g/mol. The van der Waals surface area contributed by atoms with Gasteiger partial charge in [-0.2, -0.15) is 0 Å². The molecule has 1 aromatic carbocycles. The largest absolute Gasteiger partial charge is 0.464 e. The molecule has 4 nitrogen and oxygen atoms in total. The first kappa shape index (κ1) is 11.6. The first-order chi connectivity index (χ1) is 8.15. The number of hydrogen-bond donors (Lipinski definition) is 0. The minimum absolute atomic E-state index is 0.223. The Morgan fingerprint density at radius 3 is 2.88 bits per heavy atom. The fourth-order valence-electron chi connectivity index (χ4n) is 2.02. The van der Waals surface area contributed by atoms with Gasteiger partial charge in [-0.3, -0.25) is 0 Å². The third-order valence-electron chi connectivity index (χ3n) is 2.79. The van der Waals surface area contributed by atoms with Gasteiger partial charge >= 0.3 is 5.97 Å². The second-order valence-electron chi connectivity index (χ2n) is 3.95. The number of hydrogen-bond acceptors (Lipinski definition) is 3. The van der Waals surface area contributed by atoms with E-state index in [2.05, 4.69) is 4.98 Å². The summed E-state index contributed by atoms with van der Waals surface area (Å²) in [5.41, 5.74) is 1.87. The van der Waals surface area contributed by atoms with Crippen LogP contribution < -0.4 is 0 Å². The van der Waals surface area contributed by atoms with Crippen LogP contribution in [0.15, 0.2) is 24.3 Å². The van der Waals surface area contributed by atoms with Crippen molar-refractivity contribution in [2.45, 2.75) is 26.8 Å². The maximum absolute atomic E-state index is 11.8. The topological polar surface area (TPSA) is 44.1 Å². The maximum atomic E-state index is 11.8. The minimum Gasteiger partial charge on any atom is -0.464 e. The Labute approximate surface area is 100 Å². The number of esters is 1. The number of carbonyl (C=O) groups excluding carboxylic acids is 1. The normalized spacial score (nSPS) is 12.6. The highest BCUT2D eigenvalue weighted by Gasteiger charge is 2.20. The minimum atomic E-state index is -0.345. The second-order valence-corrected chi connectivity index (χ2v) is 3.95. The average Bonchev–Trinajstić information content (AvgIpc) is 2.64. The zero-order valence-corrected chi connectivity index (χ0v) is 10.3. The van der Waals surface area contributed by atoms with Crippen molar-refractivity contribution >= 4 is 17.0 Å². The third kappa shape index (κ3) is 2.02. The van der Waals surface area contributed by atoms with Gasteiger partial charge in [-0.25, -0.2) is 9.78 Å². The summed E-state index contributed by atoms with van der Waals surface area (Å²) in [4.78, 5) is 16.2. The number of benzene rings is 1. The van der Waals surface area contributed by atoms with Crippen LogP contribution in [0, 0.1) is 6.92 Å². The number of fused-ring (bicyclic) bond motifs is 1. The van der Waals surface area contributed by atoms with Crippen LogP contribution in [0.2, 0.25) is 0 Å². The highest BCUT2D eigenvalue weighted by molar-refractivity contribution is 5.81. The summed E-state index contributed by atoms with van der Waals surface area (Å²) in [5.74, 6) is 0.602. The summed E-state index contributed by atoms with van der Waals surface area (Å²) in [5, 5.41) is 0. The van der Waals surface area contributed by atoms with Crippen LogP contribution in [0.1, 0.15) is 25.7 Å².